The molecule has 0 spiro atoms. The van der Waals surface area contributed by atoms with Crippen LogP contribution in [0.3, 0.4) is 0 Å². The third kappa shape index (κ3) is 3.37. The van der Waals surface area contributed by atoms with Gasteiger partial charge < -0.3 is 14.9 Å². The second-order valence-electron chi connectivity index (χ2n) is 8.38. The molecule has 1 aromatic heterocycles. The van der Waals surface area contributed by atoms with E-state index in [1.165, 1.54) is 6.07 Å². The summed E-state index contributed by atoms with van der Waals surface area (Å²) < 4.78 is 13.9. The van der Waals surface area contributed by atoms with E-state index in [1.54, 1.807) is 21.9 Å². The zero-order chi connectivity index (χ0) is 21.8. The van der Waals surface area contributed by atoms with Gasteiger partial charge in [0, 0.05) is 42.7 Å². The van der Waals surface area contributed by atoms with Crippen molar-refractivity contribution >= 4 is 22.7 Å². The zero-order valence-corrected chi connectivity index (χ0v) is 17.2. The van der Waals surface area contributed by atoms with Crippen molar-refractivity contribution in [3.63, 3.8) is 0 Å². The molecule has 160 valence electrons. The Hall–Kier alpha value is -3.26. The normalized spacial score (nSPS) is 17.8. The minimum absolute atomic E-state index is 0.0817. The molecule has 1 saturated heterocycles. The molecule has 1 aliphatic heterocycles. The molecule has 0 unspecified atom stereocenters. The monoisotopic (exact) mass is 422 g/mol. The van der Waals surface area contributed by atoms with Crippen LogP contribution >= 0.6 is 0 Å². The van der Waals surface area contributed by atoms with Crippen molar-refractivity contribution in [2.24, 2.45) is 0 Å². The number of rotatable bonds is 3. The Morgan fingerprint density at radius 3 is 2.48 bits per heavy atom. The van der Waals surface area contributed by atoms with Crippen LogP contribution in [-0.4, -0.2) is 68.7 Å². The lowest BCUT2D eigenvalue weighted by Gasteiger charge is -2.36. The van der Waals surface area contributed by atoms with Crippen LogP contribution in [0.5, 0.6) is 0 Å². The van der Waals surface area contributed by atoms with E-state index < -0.39 is 5.60 Å². The van der Waals surface area contributed by atoms with Gasteiger partial charge in [0.15, 0.2) is 5.82 Å². The van der Waals surface area contributed by atoms with Crippen molar-refractivity contribution in [1.29, 1.82) is 0 Å². The number of aliphatic hydroxyl groups is 1. The summed E-state index contributed by atoms with van der Waals surface area (Å²) in [6.45, 7) is 3.60. The molecule has 0 bridgehead atoms. The molecule has 8 heteroatoms. The fourth-order valence-electron chi connectivity index (χ4n) is 4.19. The Balaban J connectivity index is 1.33. The van der Waals surface area contributed by atoms with Gasteiger partial charge in [-0.15, -0.1) is 0 Å². The molecular formula is C23H23FN4O3. The third-order valence-corrected chi connectivity index (χ3v) is 6.26. The lowest BCUT2D eigenvalue weighted by atomic mass is 10.0. The Labute approximate surface area is 178 Å². The first kappa shape index (κ1) is 19.7. The van der Waals surface area contributed by atoms with Gasteiger partial charge >= 0.3 is 0 Å². The largest absolute Gasteiger partial charge is 0.380 e. The van der Waals surface area contributed by atoms with Crippen molar-refractivity contribution in [2.75, 3.05) is 26.2 Å². The number of benzene rings is 2. The molecular weight excluding hydrogens is 399 g/mol. The van der Waals surface area contributed by atoms with Crippen molar-refractivity contribution in [1.82, 2.24) is 20.0 Å². The minimum atomic E-state index is -1.17. The van der Waals surface area contributed by atoms with Crippen LogP contribution in [0.4, 0.5) is 4.39 Å². The highest BCUT2D eigenvalue weighted by atomic mass is 19.1. The lowest BCUT2D eigenvalue weighted by Crippen LogP contribution is -2.53. The highest BCUT2D eigenvalue weighted by molar-refractivity contribution is 5.98. The van der Waals surface area contributed by atoms with E-state index in [0.717, 1.165) is 11.1 Å². The highest BCUT2D eigenvalue weighted by Gasteiger charge is 2.50. The molecule has 1 saturated carbocycles. The molecule has 2 aliphatic rings. The molecule has 2 heterocycles. The Kier molecular flexibility index (Phi) is 4.55. The number of amides is 2. The summed E-state index contributed by atoms with van der Waals surface area (Å²) in [6.07, 6.45) is 1.05. The molecule has 0 radical (unpaired) electrons. The second kappa shape index (κ2) is 7.16. The maximum absolute atomic E-state index is 13.9. The van der Waals surface area contributed by atoms with E-state index in [0.29, 0.717) is 61.2 Å². The number of H-pyrrole nitrogens is 1. The minimum Gasteiger partial charge on any atom is -0.380 e. The standard InChI is InChI=1S/C23H23FN4O3/c1-14-13-15(19-17-3-2-4-18(24)20(17)26-25-19)5-6-16(14)21(29)27-9-11-28(12-10-27)22(30)23(31)7-8-23/h2-6,13,31H,7-12H2,1H3,(H,25,26). The number of halogens is 1. The summed E-state index contributed by atoms with van der Waals surface area (Å²) >= 11 is 0. The van der Waals surface area contributed by atoms with Gasteiger partial charge in [0.25, 0.3) is 11.8 Å². The van der Waals surface area contributed by atoms with Crippen LogP contribution in [0.15, 0.2) is 36.4 Å². The summed E-state index contributed by atoms with van der Waals surface area (Å²) in [4.78, 5) is 28.7. The van der Waals surface area contributed by atoms with E-state index >= 15 is 0 Å². The first-order valence-electron chi connectivity index (χ1n) is 10.4. The van der Waals surface area contributed by atoms with Gasteiger partial charge in [0.2, 0.25) is 0 Å². The summed E-state index contributed by atoms with van der Waals surface area (Å²) in [5, 5.41) is 17.7. The van der Waals surface area contributed by atoms with Gasteiger partial charge in [0.1, 0.15) is 11.1 Å². The predicted octanol–water partition coefficient (Wildman–Crippen LogP) is 2.49. The van der Waals surface area contributed by atoms with Crippen molar-refractivity contribution in [2.45, 2.75) is 25.4 Å². The number of carbonyl (C=O) groups is 2. The van der Waals surface area contributed by atoms with Gasteiger partial charge in [-0.3, -0.25) is 14.7 Å². The van der Waals surface area contributed by atoms with Crippen LogP contribution in [0.25, 0.3) is 22.2 Å². The van der Waals surface area contributed by atoms with E-state index in [-0.39, 0.29) is 17.6 Å². The van der Waals surface area contributed by atoms with Gasteiger partial charge in [-0.2, -0.15) is 5.10 Å². The summed E-state index contributed by atoms with van der Waals surface area (Å²) in [7, 11) is 0. The van der Waals surface area contributed by atoms with Gasteiger partial charge in [-0.1, -0.05) is 18.2 Å². The smallest absolute Gasteiger partial charge is 0.254 e. The molecule has 31 heavy (non-hydrogen) atoms. The molecule has 0 atom stereocenters. The summed E-state index contributed by atoms with van der Waals surface area (Å²) in [5.74, 6) is -0.680. The lowest BCUT2D eigenvalue weighted by molar-refractivity contribution is -0.143. The molecule has 2 amide bonds. The number of para-hydroxylation sites is 1. The van der Waals surface area contributed by atoms with Crippen LogP contribution in [-0.2, 0) is 4.79 Å². The van der Waals surface area contributed by atoms with Crippen molar-refractivity contribution in [3.05, 3.63) is 53.3 Å². The molecule has 2 aromatic carbocycles. The number of piperazine rings is 1. The number of fused-ring (bicyclic) bond motifs is 1. The van der Waals surface area contributed by atoms with Crippen LogP contribution in [0, 0.1) is 12.7 Å². The first-order valence-corrected chi connectivity index (χ1v) is 10.4. The molecule has 2 fully saturated rings. The van der Waals surface area contributed by atoms with Gasteiger partial charge in [-0.05, 0) is 43.5 Å². The fourth-order valence-corrected chi connectivity index (χ4v) is 4.19. The second-order valence-corrected chi connectivity index (χ2v) is 8.38. The highest BCUT2D eigenvalue weighted by Crippen LogP contribution is 2.37. The molecule has 2 N–H and O–H groups in total. The predicted molar refractivity (Wildman–Crippen MR) is 113 cm³/mol. The summed E-state index contributed by atoms with van der Waals surface area (Å²) in [5.41, 5.74) is 2.07. The molecule has 3 aromatic rings. The first-order chi connectivity index (χ1) is 14.9. The van der Waals surface area contributed by atoms with Crippen LogP contribution < -0.4 is 0 Å². The molecule has 1 aliphatic carbocycles. The summed E-state index contributed by atoms with van der Waals surface area (Å²) in [6, 6.07) is 10.3. The SMILES string of the molecule is Cc1cc(-c2[nH]nc3c(F)cccc23)ccc1C(=O)N1CCN(C(=O)C2(O)CC2)CC1. The Bertz CT molecular complexity index is 1190. The topological polar surface area (TPSA) is 89.5 Å². The number of carbonyl (C=O) groups excluding carboxylic acids is 2. The van der Waals surface area contributed by atoms with E-state index in [1.807, 2.05) is 25.1 Å². The maximum Gasteiger partial charge on any atom is 0.254 e. The number of aryl methyl sites for hydroxylation is 1. The number of aromatic amines is 1. The van der Waals surface area contributed by atoms with Crippen molar-refractivity contribution < 1.29 is 19.1 Å². The maximum atomic E-state index is 13.9. The van der Waals surface area contributed by atoms with E-state index in [9.17, 15) is 19.1 Å². The number of nitrogens with one attached hydrogen (secondary N) is 1. The van der Waals surface area contributed by atoms with Crippen LogP contribution in [0.1, 0.15) is 28.8 Å². The number of hydrogen-bond donors (Lipinski definition) is 2. The Morgan fingerprint density at radius 2 is 1.81 bits per heavy atom. The Morgan fingerprint density at radius 1 is 1.10 bits per heavy atom. The average Bonchev–Trinajstić information content (AvgIpc) is 3.37. The van der Waals surface area contributed by atoms with Crippen LogP contribution in [0.2, 0.25) is 0 Å². The molecule has 5 rings (SSSR count). The fraction of sp³-hybridized carbons (Fsp3) is 0.348. The van der Waals surface area contributed by atoms with Crippen molar-refractivity contribution in [3.8, 4) is 11.3 Å². The van der Waals surface area contributed by atoms with Gasteiger partial charge in [0.05, 0.1) is 5.69 Å². The van der Waals surface area contributed by atoms with Gasteiger partial charge in [-0.25, -0.2) is 4.39 Å². The third-order valence-electron chi connectivity index (χ3n) is 6.26. The number of aromatic nitrogens is 2. The number of hydrogen-bond acceptors (Lipinski definition) is 4. The number of nitrogens with zero attached hydrogens (tertiary/aromatic N) is 3. The zero-order valence-electron chi connectivity index (χ0n) is 17.2. The average molecular weight is 422 g/mol. The van der Waals surface area contributed by atoms with E-state index in [2.05, 4.69) is 10.2 Å². The quantitative estimate of drug-likeness (QED) is 0.679. The molecule has 7 nitrogen and oxygen atoms in total. The van der Waals surface area contributed by atoms with E-state index in [4.69, 9.17) is 0 Å².